The van der Waals surface area contributed by atoms with Crippen LogP contribution in [0.2, 0.25) is 0 Å². The van der Waals surface area contributed by atoms with Crippen LogP contribution < -0.4 is 15.8 Å². The van der Waals surface area contributed by atoms with Crippen LogP contribution >= 0.6 is 0 Å². The molecule has 1 aromatic carbocycles. The van der Waals surface area contributed by atoms with E-state index in [1.165, 1.54) is 0 Å². The molecule has 1 unspecified atom stereocenters. The molecule has 0 bridgehead atoms. The Morgan fingerprint density at radius 2 is 1.88 bits per heavy atom. The van der Waals surface area contributed by atoms with E-state index in [4.69, 9.17) is 5.73 Å². The molecule has 17 heavy (non-hydrogen) atoms. The van der Waals surface area contributed by atoms with Gasteiger partial charge in [0.15, 0.2) is 0 Å². The van der Waals surface area contributed by atoms with E-state index in [-0.39, 0.29) is 6.04 Å². The Bertz CT molecular complexity index is 442. The minimum Gasteiger partial charge on any atom is -0.399 e. The highest BCUT2D eigenvalue weighted by Gasteiger charge is 2.09. The summed E-state index contributed by atoms with van der Waals surface area (Å²) in [5, 5.41) is 3.25. The molecule has 0 saturated carbocycles. The van der Waals surface area contributed by atoms with Crippen LogP contribution in [0.25, 0.3) is 0 Å². The van der Waals surface area contributed by atoms with Crippen molar-refractivity contribution in [1.82, 2.24) is 4.72 Å². The number of nitrogens with two attached hydrogens (primary N) is 1. The molecule has 0 saturated heterocycles. The Labute approximate surface area is 102 Å². The zero-order valence-electron chi connectivity index (χ0n) is 10.1. The molecule has 6 heteroatoms. The van der Waals surface area contributed by atoms with Gasteiger partial charge in [-0.1, -0.05) is 6.92 Å². The second-order valence-electron chi connectivity index (χ2n) is 3.99. The van der Waals surface area contributed by atoms with E-state index in [1.54, 1.807) is 12.1 Å². The lowest BCUT2D eigenvalue weighted by Crippen LogP contribution is -2.35. The van der Waals surface area contributed by atoms with Gasteiger partial charge >= 0.3 is 0 Å². The average molecular weight is 257 g/mol. The number of nitrogens with one attached hydrogen (secondary N) is 2. The first-order chi connectivity index (χ1) is 7.90. The van der Waals surface area contributed by atoms with Crippen molar-refractivity contribution in [2.75, 3.05) is 23.9 Å². The summed E-state index contributed by atoms with van der Waals surface area (Å²) in [6, 6.07) is 7.42. The van der Waals surface area contributed by atoms with E-state index < -0.39 is 10.0 Å². The predicted molar refractivity (Wildman–Crippen MR) is 71.4 cm³/mol. The minimum absolute atomic E-state index is 0.0633. The summed E-state index contributed by atoms with van der Waals surface area (Å²) >= 11 is 0. The van der Waals surface area contributed by atoms with Gasteiger partial charge in [0, 0.05) is 24.0 Å². The first-order valence-corrected chi connectivity index (χ1v) is 7.36. The van der Waals surface area contributed by atoms with Gasteiger partial charge in [-0.25, -0.2) is 13.1 Å². The molecule has 1 rings (SSSR count). The van der Waals surface area contributed by atoms with E-state index >= 15 is 0 Å². The highest BCUT2D eigenvalue weighted by atomic mass is 32.2. The molecule has 0 amide bonds. The Kier molecular flexibility index (Phi) is 4.77. The van der Waals surface area contributed by atoms with E-state index in [0.717, 1.165) is 18.4 Å². The monoisotopic (exact) mass is 257 g/mol. The normalized spacial score (nSPS) is 13.3. The van der Waals surface area contributed by atoms with E-state index in [1.807, 2.05) is 19.1 Å². The Morgan fingerprint density at radius 1 is 1.29 bits per heavy atom. The Hall–Kier alpha value is -1.27. The summed E-state index contributed by atoms with van der Waals surface area (Å²) in [7, 11) is -3.14. The summed E-state index contributed by atoms with van der Waals surface area (Å²) < 4.78 is 24.5. The van der Waals surface area contributed by atoms with Crippen LogP contribution in [0.5, 0.6) is 0 Å². The Morgan fingerprint density at radius 3 is 2.35 bits per heavy atom. The molecule has 5 nitrogen and oxygen atoms in total. The highest BCUT2D eigenvalue weighted by molar-refractivity contribution is 7.88. The van der Waals surface area contributed by atoms with Crippen molar-refractivity contribution in [2.24, 2.45) is 0 Å². The fraction of sp³-hybridized carbons (Fsp3) is 0.455. The largest absolute Gasteiger partial charge is 0.399 e. The van der Waals surface area contributed by atoms with Crippen molar-refractivity contribution in [2.45, 2.75) is 19.4 Å². The lowest BCUT2D eigenvalue weighted by Gasteiger charge is -2.18. The molecule has 0 aliphatic rings. The zero-order chi connectivity index (χ0) is 12.9. The van der Waals surface area contributed by atoms with Crippen LogP contribution in [-0.4, -0.2) is 27.3 Å². The maximum atomic E-state index is 11.0. The Balaban J connectivity index is 2.55. The van der Waals surface area contributed by atoms with Gasteiger partial charge in [0.25, 0.3) is 0 Å². The highest BCUT2D eigenvalue weighted by Crippen LogP contribution is 2.12. The third-order valence-electron chi connectivity index (χ3n) is 2.37. The maximum absolute atomic E-state index is 11.0. The van der Waals surface area contributed by atoms with Gasteiger partial charge in [0.2, 0.25) is 10.0 Å². The van der Waals surface area contributed by atoms with Crippen molar-refractivity contribution >= 4 is 21.4 Å². The summed E-state index contributed by atoms with van der Waals surface area (Å²) in [4.78, 5) is 0. The molecule has 4 N–H and O–H groups in total. The number of rotatable bonds is 6. The van der Waals surface area contributed by atoms with Crippen LogP contribution in [-0.2, 0) is 10.0 Å². The molecule has 0 aliphatic carbocycles. The van der Waals surface area contributed by atoms with Crippen molar-refractivity contribution in [3.8, 4) is 0 Å². The van der Waals surface area contributed by atoms with Crippen molar-refractivity contribution in [3.63, 3.8) is 0 Å². The van der Waals surface area contributed by atoms with E-state index in [9.17, 15) is 8.42 Å². The lowest BCUT2D eigenvalue weighted by atomic mass is 10.2. The minimum atomic E-state index is -3.14. The molecule has 1 aromatic rings. The average Bonchev–Trinajstić information content (AvgIpc) is 2.25. The maximum Gasteiger partial charge on any atom is 0.208 e. The molecule has 0 spiro atoms. The van der Waals surface area contributed by atoms with Crippen LogP contribution in [0.3, 0.4) is 0 Å². The second kappa shape index (κ2) is 5.88. The van der Waals surface area contributed by atoms with E-state index in [0.29, 0.717) is 12.2 Å². The molecule has 1 atom stereocenters. The van der Waals surface area contributed by atoms with Gasteiger partial charge in [-0.2, -0.15) is 0 Å². The fourth-order valence-electron chi connectivity index (χ4n) is 1.36. The second-order valence-corrected chi connectivity index (χ2v) is 5.83. The SMILES string of the molecule is CCC(CNS(C)(=O)=O)Nc1ccc(N)cc1. The molecule has 0 aromatic heterocycles. The molecular formula is C11H19N3O2S. The van der Waals surface area contributed by atoms with Gasteiger partial charge in [-0.15, -0.1) is 0 Å². The molecular weight excluding hydrogens is 238 g/mol. The first kappa shape index (κ1) is 13.8. The zero-order valence-corrected chi connectivity index (χ0v) is 10.9. The van der Waals surface area contributed by atoms with Gasteiger partial charge < -0.3 is 11.1 Å². The molecule has 0 aliphatic heterocycles. The fourth-order valence-corrected chi connectivity index (χ4v) is 1.87. The van der Waals surface area contributed by atoms with Gasteiger partial charge in [0.1, 0.15) is 0 Å². The lowest BCUT2D eigenvalue weighted by molar-refractivity contribution is 0.577. The number of anilines is 2. The number of sulfonamides is 1. The van der Waals surface area contributed by atoms with Crippen LogP contribution in [0.15, 0.2) is 24.3 Å². The van der Waals surface area contributed by atoms with Crippen LogP contribution in [0, 0.1) is 0 Å². The van der Waals surface area contributed by atoms with Gasteiger partial charge in [-0.05, 0) is 30.7 Å². The first-order valence-electron chi connectivity index (χ1n) is 5.47. The smallest absolute Gasteiger partial charge is 0.208 e. The summed E-state index contributed by atoms with van der Waals surface area (Å²) in [5.74, 6) is 0. The number of hydrogen-bond donors (Lipinski definition) is 3. The standard InChI is InChI=1S/C11H19N3O2S/c1-3-10(8-13-17(2,15)16)14-11-6-4-9(12)5-7-11/h4-7,10,13-14H,3,8,12H2,1-2H3. The van der Waals surface area contributed by atoms with Gasteiger partial charge in [0.05, 0.1) is 6.26 Å². The number of nitrogen functional groups attached to an aromatic ring is 1. The third kappa shape index (κ3) is 5.55. The molecule has 0 heterocycles. The number of hydrogen-bond acceptors (Lipinski definition) is 4. The van der Waals surface area contributed by atoms with Crippen molar-refractivity contribution in [3.05, 3.63) is 24.3 Å². The summed E-state index contributed by atoms with van der Waals surface area (Å²) in [6.07, 6.45) is 1.98. The van der Waals surface area contributed by atoms with E-state index in [2.05, 4.69) is 10.0 Å². The summed E-state index contributed by atoms with van der Waals surface area (Å²) in [6.45, 7) is 2.37. The van der Waals surface area contributed by atoms with Gasteiger partial charge in [-0.3, -0.25) is 0 Å². The topological polar surface area (TPSA) is 84.2 Å². The van der Waals surface area contributed by atoms with Crippen molar-refractivity contribution in [1.29, 1.82) is 0 Å². The summed E-state index contributed by atoms with van der Waals surface area (Å²) in [5.41, 5.74) is 7.22. The third-order valence-corrected chi connectivity index (χ3v) is 3.06. The predicted octanol–water partition coefficient (Wildman–Crippen LogP) is 1.01. The van der Waals surface area contributed by atoms with Crippen LogP contribution in [0.1, 0.15) is 13.3 Å². The number of benzene rings is 1. The van der Waals surface area contributed by atoms with Crippen molar-refractivity contribution < 1.29 is 8.42 Å². The van der Waals surface area contributed by atoms with Crippen LogP contribution in [0.4, 0.5) is 11.4 Å². The quantitative estimate of drug-likeness (QED) is 0.664. The molecule has 96 valence electrons. The molecule has 0 radical (unpaired) electrons. The molecule has 0 fully saturated rings.